The highest BCUT2D eigenvalue weighted by atomic mass is 16.5. The second-order valence-corrected chi connectivity index (χ2v) is 6.02. The number of esters is 1. The van der Waals surface area contributed by atoms with Gasteiger partial charge in [-0.3, -0.25) is 14.5 Å². The fourth-order valence-corrected chi connectivity index (χ4v) is 2.30. The average molecular weight is 285 g/mol. The summed E-state index contributed by atoms with van der Waals surface area (Å²) in [7, 11) is 1.93. The molecule has 1 saturated heterocycles. The molecule has 0 aromatic heterocycles. The second kappa shape index (κ2) is 7.74. The van der Waals surface area contributed by atoms with E-state index in [9.17, 15) is 9.59 Å². The van der Waals surface area contributed by atoms with Crippen molar-refractivity contribution in [1.82, 2.24) is 4.90 Å². The molecule has 0 aliphatic carbocycles. The van der Waals surface area contributed by atoms with Crippen LogP contribution >= 0.6 is 0 Å². The van der Waals surface area contributed by atoms with E-state index in [0.717, 1.165) is 32.6 Å². The maximum Gasteiger partial charge on any atom is 0.319 e. The highest BCUT2D eigenvalue weighted by molar-refractivity contribution is 6.03. The van der Waals surface area contributed by atoms with Gasteiger partial charge in [-0.2, -0.15) is 0 Å². The molecule has 5 heteroatoms. The molecule has 0 bridgehead atoms. The highest BCUT2D eigenvalue weighted by Gasteiger charge is 2.37. The van der Waals surface area contributed by atoms with Crippen LogP contribution in [0, 0.1) is 11.3 Å². The van der Waals surface area contributed by atoms with Crippen LogP contribution in [0.1, 0.15) is 33.6 Å². The lowest BCUT2D eigenvalue weighted by atomic mass is 9.87. The molecular formula is C15H27NO4. The quantitative estimate of drug-likeness (QED) is 0.524. The Balaban J connectivity index is 2.45. The standard InChI is InChI=1S/C15H27NO4/c1-5-20-14(18)15(2,3)13(17)11-16(4)10-12-6-8-19-9-7-12/h12H,5-11H2,1-4H3. The predicted molar refractivity (Wildman–Crippen MR) is 76.5 cm³/mol. The summed E-state index contributed by atoms with van der Waals surface area (Å²) in [6.07, 6.45) is 2.08. The molecule has 1 rings (SSSR count). The van der Waals surface area contributed by atoms with E-state index < -0.39 is 11.4 Å². The van der Waals surface area contributed by atoms with E-state index in [4.69, 9.17) is 9.47 Å². The summed E-state index contributed by atoms with van der Waals surface area (Å²) in [5.74, 6) is 0.0437. The molecule has 1 aliphatic rings. The van der Waals surface area contributed by atoms with Gasteiger partial charge in [-0.15, -0.1) is 0 Å². The van der Waals surface area contributed by atoms with Crippen molar-refractivity contribution in [3.8, 4) is 0 Å². The van der Waals surface area contributed by atoms with Crippen molar-refractivity contribution in [2.45, 2.75) is 33.6 Å². The Bertz CT molecular complexity index is 335. The number of hydrogen-bond donors (Lipinski definition) is 0. The Morgan fingerprint density at radius 1 is 1.30 bits per heavy atom. The van der Waals surface area contributed by atoms with Crippen molar-refractivity contribution < 1.29 is 19.1 Å². The number of ketones is 1. The Morgan fingerprint density at radius 3 is 2.45 bits per heavy atom. The summed E-state index contributed by atoms with van der Waals surface area (Å²) >= 11 is 0. The lowest BCUT2D eigenvalue weighted by Gasteiger charge is -2.28. The fourth-order valence-electron chi connectivity index (χ4n) is 2.30. The molecule has 1 fully saturated rings. The van der Waals surface area contributed by atoms with Gasteiger partial charge in [0.1, 0.15) is 5.41 Å². The summed E-state index contributed by atoms with van der Waals surface area (Å²) < 4.78 is 10.3. The smallest absolute Gasteiger partial charge is 0.319 e. The van der Waals surface area contributed by atoms with E-state index in [-0.39, 0.29) is 12.3 Å². The number of ether oxygens (including phenoxy) is 2. The number of carbonyl (C=O) groups is 2. The van der Waals surface area contributed by atoms with E-state index in [1.165, 1.54) is 0 Å². The van der Waals surface area contributed by atoms with Crippen LogP contribution in [-0.2, 0) is 19.1 Å². The minimum atomic E-state index is -1.07. The average Bonchev–Trinajstić information content (AvgIpc) is 2.39. The molecule has 0 radical (unpaired) electrons. The van der Waals surface area contributed by atoms with Gasteiger partial charge >= 0.3 is 5.97 Å². The minimum Gasteiger partial charge on any atom is -0.465 e. The highest BCUT2D eigenvalue weighted by Crippen LogP contribution is 2.20. The third kappa shape index (κ3) is 4.87. The number of likely N-dealkylation sites (N-methyl/N-ethyl adjacent to an activating group) is 1. The van der Waals surface area contributed by atoms with Crippen LogP contribution in [-0.4, -0.2) is 56.6 Å². The molecule has 0 N–H and O–H groups in total. The number of Topliss-reactive ketones (excluding diaryl/α,β-unsaturated/α-hetero) is 1. The molecule has 0 aromatic carbocycles. The molecule has 0 spiro atoms. The van der Waals surface area contributed by atoms with E-state index in [0.29, 0.717) is 12.5 Å². The molecule has 0 unspecified atom stereocenters. The zero-order valence-electron chi connectivity index (χ0n) is 13.1. The first-order valence-corrected chi connectivity index (χ1v) is 7.34. The van der Waals surface area contributed by atoms with Crippen molar-refractivity contribution >= 4 is 11.8 Å². The Labute approximate surface area is 121 Å². The molecule has 0 saturated carbocycles. The monoisotopic (exact) mass is 285 g/mol. The van der Waals surface area contributed by atoms with Gasteiger partial charge in [0.15, 0.2) is 5.78 Å². The van der Waals surface area contributed by atoms with Crippen LogP contribution in [0.3, 0.4) is 0 Å². The van der Waals surface area contributed by atoms with Gasteiger partial charge in [-0.05, 0) is 46.6 Å². The van der Waals surface area contributed by atoms with Gasteiger partial charge in [0, 0.05) is 19.8 Å². The lowest BCUT2D eigenvalue weighted by molar-refractivity contribution is -0.158. The molecule has 1 aliphatic heterocycles. The van der Waals surface area contributed by atoms with E-state index >= 15 is 0 Å². The van der Waals surface area contributed by atoms with Crippen LogP contribution < -0.4 is 0 Å². The van der Waals surface area contributed by atoms with Crippen LogP contribution in [0.25, 0.3) is 0 Å². The van der Waals surface area contributed by atoms with E-state index in [2.05, 4.69) is 0 Å². The third-order valence-electron chi connectivity index (χ3n) is 3.81. The number of hydrogen-bond acceptors (Lipinski definition) is 5. The fraction of sp³-hybridized carbons (Fsp3) is 0.867. The maximum absolute atomic E-state index is 12.3. The van der Waals surface area contributed by atoms with Gasteiger partial charge in [0.2, 0.25) is 0 Å². The Morgan fingerprint density at radius 2 is 1.90 bits per heavy atom. The largest absolute Gasteiger partial charge is 0.465 e. The van der Waals surface area contributed by atoms with Crippen LogP contribution in [0.2, 0.25) is 0 Å². The summed E-state index contributed by atoms with van der Waals surface area (Å²) in [4.78, 5) is 26.1. The van der Waals surface area contributed by atoms with Gasteiger partial charge in [0.05, 0.1) is 13.2 Å². The maximum atomic E-state index is 12.3. The molecule has 0 atom stereocenters. The molecular weight excluding hydrogens is 258 g/mol. The first kappa shape index (κ1) is 17.1. The normalized spacial score (nSPS) is 17.2. The van der Waals surface area contributed by atoms with Gasteiger partial charge in [-0.25, -0.2) is 0 Å². The first-order valence-electron chi connectivity index (χ1n) is 7.34. The van der Waals surface area contributed by atoms with Crippen LogP contribution in [0.15, 0.2) is 0 Å². The summed E-state index contributed by atoms with van der Waals surface area (Å²) in [5.41, 5.74) is -1.07. The zero-order valence-corrected chi connectivity index (χ0v) is 13.1. The number of rotatable bonds is 7. The summed E-state index contributed by atoms with van der Waals surface area (Å²) in [5, 5.41) is 0. The molecule has 116 valence electrons. The van der Waals surface area contributed by atoms with E-state index in [1.54, 1.807) is 20.8 Å². The predicted octanol–water partition coefficient (Wildman–Crippen LogP) is 1.50. The molecule has 5 nitrogen and oxygen atoms in total. The molecule has 0 amide bonds. The minimum absolute atomic E-state index is 0.0921. The van der Waals surface area contributed by atoms with Crippen molar-refractivity contribution in [2.24, 2.45) is 11.3 Å². The lowest BCUT2D eigenvalue weighted by Crippen LogP contribution is -2.42. The molecule has 20 heavy (non-hydrogen) atoms. The zero-order chi connectivity index (χ0) is 15.2. The molecule has 0 aromatic rings. The Kier molecular flexibility index (Phi) is 6.62. The summed E-state index contributed by atoms with van der Waals surface area (Å²) in [6.45, 7) is 8.08. The SMILES string of the molecule is CCOC(=O)C(C)(C)C(=O)CN(C)CC1CCOCC1. The number of carbonyl (C=O) groups excluding carboxylic acids is 2. The second-order valence-electron chi connectivity index (χ2n) is 6.02. The molecule has 1 heterocycles. The summed E-state index contributed by atoms with van der Waals surface area (Å²) in [6, 6.07) is 0. The third-order valence-corrected chi connectivity index (χ3v) is 3.81. The van der Waals surface area contributed by atoms with Crippen molar-refractivity contribution in [1.29, 1.82) is 0 Å². The van der Waals surface area contributed by atoms with Crippen molar-refractivity contribution in [3.63, 3.8) is 0 Å². The van der Waals surface area contributed by atoms with Crippen LogP contribution in [0.5, 0.6) is 0 Å². The van der Waals surface area contributed by atoms with Gasteiger partial charge in [0.25, 0.3) is 0 Å². The van der Waals surface area contributed by atoms with Crippen LogP contribution in [0.4, 0.5) is 0 Å². The topological polar surface area (TPSA) is 55.8 Å². The van der Waals surface area contributed by atoms with Gasteiger partial charge < -0.3 is 9.47 Å². The van der Waals surface area contributed by atoms with Crippen molar-refractivity contribution in [2.75, 3.05) is 40.0 Å². The van der Waals surface area contributed by atoms with Crippen molar-refractivity contribution in [3.05, 3.63) is 0 Å². The van der Waals surface area contributed by atoms with E-state index in [1.807, 2.05) is 11.9 Å². The number of nitrogens with zero attached hydrogens (tertiary/aromatic N) is 1. The van der Waals surface area contributed by atoms with Gasteiger partial charge in [-0.1, -0.05) is 0 Å². The first-order chi connectivity index (χ1) is 9.37. The Hall–Kier alpha value is -0.940.